The second-order valence-electron chi connectivity index (χ2n) is 9.81. The first-order valence-electron chi connectivity index (χ1n) is 9.97. The highest BCUT2D eigenvalue weighted by molar-refractivity contribution is 5.96. The number of hydrogen-bond donors (Lipinski definition) is 2. The molecule has 1 aliphatic heterocycles. The lowest BCUT2D eigenvalue weighted by Crippen LogP contribution is -2.61. The molecule has 3 saturated carbocycles. The van der Waals surface area contributed by atoms with Gasteiger partial charge in [-0.1, -0.05) is 25.5 Å². The SMILES string of the molecule is C[C@@H]1O[C@H]2C(=O)[C@H]3[C@@H](CC=C4C[C@@H](O)[C@@H](O)C[C@@]43C)[C@H]3C(=O)C[C@@H]1[C@]32C. The molecule has 0 radical (unpaired) electrons. The minimum absolute atomic E-state index is 0.00802. The largest absolute Gasteiger partial charge is 0.390 e. The number of carbonyl (C=O) groups excluding carboxylic acids is 2. The van der Waals surface area contributed by atoms with Crippen LogP contribution in [0, 0.1) is 34.5 Å². The van der Waals surface area contributed by atoms with E-state index in [9.17, 15) is 19.8 Å². The van der Waals surface area contributed by atoms with Crippen LogP contribution < -0.4 is 0 Å². The van der Waals surface area contributed by atoms with E-state index in [0.29, 0.717) is 25.7 Å². The van der Waals surface area contributed by atoms with Gasteiger partial charge in [0.2, 0.25) is 0 Å². The number of hydrogen-bond acceptors (Lipinski definition) is 5. The Morgan fingerprint density at radius 2 is 1.85 bits per heavy atom. The number of allylic oxidation sites excluding steroid dienone is 1. The molecule has 5 rings (SSSR count). The van der Waals surface area contributed by atoms with Gasteiger partial charge in [-0.05, 0) is 32.1 Å². The minimum Gasteiger partial charge on any atom is -0.390 e. The van der Waals surface area contributed by atoms with Gasteiger partial charge in [0.1, 0.15) is 11.9 Å². The molecule has 0 amide bonds. The number of fused-ring (bicyclic) bond motifs is 4. The summed E-state index contributed by atoms with van der Waals surface area (Å²) in [4.78, 5) is 26.7. The molecule has 5 aliphatic rings. The number of ketones is 2. The van der Waals surface area contributed by atoms with Crippen LogP contribution in [0.15, 0.2) is 11.6 Å². The Morgan fingerprint density at radius 1 is 1.12 bits per heavy atom. The van der Waals surface area contributed by atoms with Crippen LogP contribution in [0.1, 0.15) is 46.5 Å². The van der Waals surface area contributed by atoms with Gasteiger partial charge >= 0.3 is 0 Å². The quantitative estimate of drug-likeness (QED) is 0.642. The third kappa shape index (κ3) is 1.78. The second kappa shape index (κ2) is 5.06. The highest BCUT2D eigenvalue weighted by Crippen LogP contribution is 2.67. The van der Waals surface area contributed by atoms with Gasteiger partial charge in [-0.3, -0.25) is 9.59 Å². The second-order valence-corrected chi connectivity index (χ2v) is 9.81. The molecule has 4 aliphatic carbocycles. The molecule has 0 spiro atoms. The van der Waals surface area contributed by atoms with Crippen LogP contribution in [0.2, 0.25) is 0 Å². The molecule has 0 aromatic heterocycles. The average Bonchev–Trinajstić information content (AvgIpc) is 2.97. The van der Waals surface area contributed by atoms with E-state index in [4.69, 9.17) is 4.74 Å². The predicted molar refractivity (Wildman–Crippen MR) is 93.1 cm³/mol. The third-order valence-corrected chi connectivity index (χ3v) is 8.70. The molecule has 10 atom stereocenters. The number of rotatable bonds is 0. The molecule has 2 N–H and O–H groups in total. The molecule has 0 aromatic rings. The molecule has 5 nitrogen and oxygen atoms in total. The summed E-state index contributed by atoms with van der Waals surface area (Å²) in [6, 6.07) is 0. The smallest absolute Gasteiger partial charge is 0.166 e. The molecule has 0 unspecified atom stereocenters. The van der Waals surface area contributed by atoms with Crippen LogP contribution in [0.4, 0.5) is 0 Å². The Labute approximate surface area is 153 Å². The first-order chi connectivity index (χ1) is 12.2. The summed E-state index contributed by atoms with van der Waals surface area (Å²) in [5.41, 5.74) is 0.193. The van der Waals surface area contributed by atoms with Crippen molar-refractivity contribution >= 4 is 11.6 Å². The highest BCUT2D eigenvalue weighted by Gasteiger charge is 2.72. The highest BCUT2D eigenvalue weighted by atomic mass is 16.5. The van der Waals surface area contributed by atoms with Crippen molar-refractivity contribution in [2.75, 3.05) is 0 Å². The molecule has 26 heavy (non-hydrogen) atoms. The van der Waals surface area contributed by atoms with Gasteiger partial charge in [-0.15, -0.1) is 0 Å². The molecule has 1 heterocycles. The van der Waals surface area contributed by atoms with E-state index in [0.717, 1.165) is 5.57 Å². The summed E-state index contributed by atoms with van der Waals surface area (Å²) in [6.07, 6.45) is 1.98. The van der Waals surface area contributed by atoms with Crippen molar-refractivity contribution in [3.8, 4) is 0 Å². The van der Waals surface area contributed by atoms with Gasteiger partial charge in [0.05, 0.1) is 18.3 Å². The number of aliphatic hydroxyl groups is 2. The predicted octanol–water partition coefficient (Wildman–Crippen LogP) is 1.65. The van der Waals surface area contributed by atoms with Gasteiger partial charge in [0.25, 0.3) is 0 Å². The third-order valence-electron chi connectivity index (χ3n) is 8.70. The van der Waals surface area contributed by atoms with E-state index in [1.54, 1.807) is 0 Å². The monoisotopic (exact) mass is 360 g/mol. The van der Waals surface area contributed by atoms with Gasteiger partial charge in [0.15, 0.2) is 5.78 Å². The molecule has 142 valence electrons. The van der Waals surface area contributed by atoms with Gasteiger partial charge in [0, 0.05) is 35.0 Å². The maximum absolute atomic E-state index is 13.7. The molecule has 0 bridgehead atoms. The van der Waals surface area contributed by atoms with Crippen LogP contribution >= 0.6 is 0 Å². The molecule has 5 heteroatoms. The van der Waals surface area contributed by atoms with E-state index in [1.807, 2.05) is 13.8 Å². The van der Waals surface area contributed by atoms with Crippen LogP contribution in [-0.2, 0) is 14.3 Å². The summed E-state index contributed by atoms with van der Waals surface area (Å²) in [5, 5.41) is 20.4. The zero-order valence-corrected chi connectivity index (χ0v) is 15.6. The summed E-state index contributed by atoms with van der Waals surface area (Å²) in [5.74, 6) is 0.0918. The summed E-state index contributed by atoms with van der Waals surface area (Å²) < 4.78 is 6.15. The molecule has 4 fully saturated rings. The van der Waals surface area contributed by atoms with E-state index in [1.165, 1.54) is 0 Å². The topological polar surface area (TPSA) is 83.8 Å². The first-order valence-corrected chi connectivity index (χ1v) is 9.97. The lowest BCUT2D eigenvalue weighted by molar-refractivity contribution is -0.166. The van der Waals surface area contributed by atoms with Crippen LogP contribution in [0.5, 0.6) is 0 Å². The Bertz CT molecular complexity index is 728. The maximum Gasteiger partial charge on any atom is 0.166 e. The van der Waals surface area contributed by atoms with Crippen LogP contribution in [-0.4, -0.2) is 46.2 Å². The zero-order valence-electron chi connectivity index (χ0n) is 15.6. The summed E-state index contributed by atoms with van der Waals surface area (Å²) >= 11 is 0. The normalized spacial score (nSPS) is 58.1. The van der Waals surface area contributed by atoms with Crippen LogP contribution in [0.3, 0.4) is 0 Å². The van der Waals surface area contributed by atoms with E-state index < -0.39 is 23.7 Å². The molecule has 0 aromatic carbocycles. The van der Waals surface area contributed by atoms with Crippen molar-refractivity contribution in [1.29, 1.82) is 0 Å². The standard InChI is InChI=1S/C21H28O5/c1-9-12-7-14(23)16-11-5-4-10-6-13(22)15(24)8-20(10,2)17(11)18(25)19(26-9)21(12,16)3/h4,9,11-13,15-17,19,22,24H,5-8H2,1-3H3/t9-,11-,12-,13+,15-,16-,17+,19-,20-,21+/m0/s1. The van der Waals surface area contributed by atoms with Crippen molar-refractivity contribution in [2.24, 2.45) is 34.5 Å². The first kappa shape index (κ1) is 17.1. The summed E-state index contributed by atoms with van der Waals surface area (Å²) in [6.45, 7) is 6.13. The van der Waals surface area contributed by atoms with Crippen molar-refractivity contribution in [1.82, 2.24) is 0 Å². The van der Waals surface area contributed by atoms with E-state index in [-0.39, 0.29) is 46.8 Å². The van der Waals surface area contributed by atoms with Crippen molar-refractivity contribution < 1.29 is 24.5 Å². The molecular weight excluding hydrogens is 332 g/mol. The lowest BCUT2D eigenvalue weighted by atomic mass is 9.46. The van der Waals surface area contributed by atoms with Crippen molar-refractivity contribution in [2.45, 2.75) is 70.9 Å². The molecular formula is C21H28O5. The average molecular weight is 360 g/mol. The van der Waals surface area contributed by atoms with Crippen LogP contribution in [0.25, 0.3) is 0 Å². The van der Waals surface area contributed by atoms with Gasteiger partial charge in [-0.25, -0.2) is 0 Å². The Morgan fingerprint density at radius 3 is 2.58 bits per heavy atom. The molecule has 1 saturated heterocycles. The minimum atomic E-state index is -0.826. The lowest BCUT2D eigenvalue weighted by Gasteiger charge is -2.57. The van der Waals surface area contributed by atoms with Gasteiger partial charge < -0.3 is 14.9 Å². The van der Waals surface area contributed by atoms with Crippen molar-refractivity contribution in [3.05, 3.63) is 11.6 Å². The van der Waals surface area contributed by atoms with Crippen molar-refractivity contribution in [3.63, 3.8) is 0 Å². The number of Topliss-reactive ketones (excluding diaryl/α,β-unsaturated/α-hetero) is 2. The Kier molecular flexibility index (Phi) is 3.33. The number of carbonyl (C=O) groups is 2. The Hall–Kier alpha value is -1.04. The fraction of sp³-hybridized carbons (Fsp3) is 0.810. The summed E-state index contributed by atoms with van der Waals surface area (Å²) in [7, 11) is 0. The van der Waals surface area contributed by atoms with Gasteiger partial charge in [-0.2, -0.15) is 0 Å². The zero-order chi connectivity index (χ0) is 18.6. The fourth-order valence-electron chi connectivity index (χ4n) is 7.54. The number of ether oxygens (including phenoxy) is 1. The number of aliphatic hydroxyl groups excluding tert-OH is 2. The fourth-order valence-corrected chi connectivity index (χ4v) is 7.54. The van der Waals surface area contributed by atoms with E-state index >= 15 is 0 Å². The maximum atomic E-state index is 13.7. The van der Waals surface area contributed by atoms with E-state index in [2.05, 4.69) is 13.0 Å². The Balaban J connectivity index is 1.64.